The number of likely N-dealkylation sites (tertiary alicyclic amines) is 1. The van der Waals surface area contributed by atoms with Crippen LogP contribution in [0, 0.1) is 5.92 Å². The van der Waals surface area contributed by atoms with Gasteiger partial charge in [0.1, 0.15) is 0 Å². The lowest BCUT2D eigenvalue weighted by Gasteiger charge is -2.20. The van der Waals surface area contributed by atoms with Crippen molar-refractivity contribution in [2.24, 2.45) is 5.92 Å². The molecule has 0 aromatic heterocycles. The van der Waals surface area contributed by atoms with Gasteiger partial charge in [0.2, 0.25) is 11.8 Å². The number of rotatable bonds is 3. The predicted octanol–water partition coefficient (Wildman–Crippen LogP) is 0.379. The van der Waals surface area contributed by atoms with E-state index in [9.17, 15) is 9.59 Å². The molecule has 4 nitrogen and oxygen atoms in total. The van der Waals surface area contributed by atoms with E-state index in [0.717, 1.165) is 0 Å². The minimum Gasteiger partial charge on any atom is -0.356 e. The summed E-state index contributed by atoms with van der Waals surface area (Å²) in [6.07, 6.45) is 0.365. The van der Waals surface area contributed by atoms with Crippen LogP contribution in [0.3, 0.4) is 0 Å². The Bertz CT molecular complexity index is 238. The summed E-state index contributed by atoms with van der Waals surface area (Å²) in [7, 11) is 0. The summed E-state index contributed by atoms with van der Waals surface area (Å²) in [5.41, 5.74) is 0. The lowest BCUT2D eigenvalue weighted by Crippen LogP contribution is -2.35. The van der Waals surface area contributed by atoms with E-state index in [0.29, 0.717) is 19.5 Å². The van der Waals surface area contributed by atoms with Gasteiger partial charge in [-0.15, -0.1) is 0 Å². The number of nitrogens with zero attached hydrogens (tertiary/aromatic N) is 1. The molecule has 2 amide bonds. The molecule has 0 radical (unpaired) electrons. The normalized spacial score (nSPS) is 21.9. The lowest BCUT2D eigenvalue weighted by atomic mass is 10.1. The van der Waals surface area contributed by atoms with Crippen LogP contribution in [-0.4, -0.2) is 35.8 Å². The van der Waals surface area contributed by atoms with Gasteiger partial charge in [-0.2, -0.15) is 0 Å². The molecule has 0 saturated carbocycles. The van der Waals surface area contributed by atoms with Crippen molar-refractivity contribution in [2.75, 3.05) is 13.1 Å². The van der Waals surface area contributed by atoms with Gasteiger partial charge in [0.05, 0.1) is 5.92 Å². The molecule has 1 aliphatic rings. The van der Waals surface area contributed by atoms with Gasteiger partial charge in [-0.25, -0.2) is 0 Å². The third kappa shape index (κ3) is 2.25. The molecular formula is C10H18N2O2. The Morgan fingerprint density at radius 1 is 1.64 bits per heavy atom. The van der Waals surface area contributed by atoms with Crippen molar-refractivity contribution in [2.45, 2.75) is 33.2 Å². The van der Waals surface area contributed by atoms with Crippen LogP contribution in [0.2, 0.25) is 0 Å². The van der Waals surface area contributed by atoms with Crippen LogP contribution in [0.4, 0.5) is 0 Å². The average molecular weight is 198 g/mol. The molecule has 1 heterocycles. The molecule has 1 fully saturated rings. The summed E-state index contributed by atoms with van der Waals surface area (Å²) >= 11 is 0. The highest BCUT2D eigenvalue weighted by Crippen LogP contribution is 2.19. The van der Waals surface area contributed by atoms with Gasteiger partial charge in [0, 0.05) is 25.6 Å². The van der Waals surface area contributed by atoms with Crippen LogP contribution < -0.4 is 5.32 Å². The fourth-order valence-corrected chi connectivity index (χ4v) is 1.72. The topological polar surface area (TPSA) is 49.4 Å². The van der Waals surface area contributed by atoms with E-state index in [-0.39, 0.29) is 23.8 Å². The molecule has 1 N–H and O–H groups in total. The highest BCUT2D eigenvalue weighted by atomic mass is 16.2. The third-order valence-corrected chi connectivity index (χ3v) is 2.50. The van der Waals surface area contributed by atoms with E-state index >= 15 is 0 Å². The van der Waals surface area contributed by atoms with Crippen LogP contribution in [0.1, 0.15) is 27.2 Å². The molecule has 0 aromatic rings. The van der Waals surface area contributed by atoms with Crippen LogP contribution >= 0.6 is 0 Å². The maximum atomic E-state index is 11.5. The summed E-state index contributed by atoms with van der Waals surface area (Å²) in [6, 6.07) is 0.196. The Hall–Kier alpha value is -1.06. The standard InChI is InChI=1S/C10H18N2O2/c1-4-11-10(14)8-5-9(13)12(6-8)7(2)3/h7-8H,4-6H2,1-3H3,(H,11,14). The number of nitrogens with one attached hydrogen (secondary N) is 1. The molecule has 1 aliphatic heterocycles. The molecule has 0 aliphatic carbocycles. The molecule has 0 spiro atoms. The van der Waals surface area contributed by atoms with E-state index in [1.165, 1.54) is 0 Å². The highest BCUT2D eigenvalue weighted by molar-refractivity contribution is 5.89. The quantitative estimate of drug-likeness (QED) is 0.712. The predicted molar refractivity (Wildman–Crippen MR) is 53.6 cm³/mol. The van der Waals surface area contributed by atoms with E-state index in [4.69, 9.17) is 0 Å². The SMILES string of the molecule is CCNC(=O)C1CC(=O)N(C(C)C)C1. The van der Waals surface area contributed by atoms with Gasteiger partial charge in [-0.3, -0.25) is 9.59 Å². The van der Waals surface area contributed by atoms with Gasteiger partial charge in [0.25, 0.3) is 0 Å². The largest absolute Gasteiger partial charge is 0.356 e. The monoisotopic (exact) mass is 198 g/mol. The molecule has 1 saturated heterocycles. The zero-order valence-corrected chi connectivity index (χ0v) is 9.04. The third-order valence-electron chi connectivity index (χ3n) is 2.50. The first-order chi connectivity index (χ1) is 6.56. The number of carbonyl (C=O) groups excluding carboxylic acids is 2. The Morgan fingerprint density at radius 2 is 2.29 bits per heavy atom. The van der Waals surface area contributed by atoms with Crippen molar-refractivity contribution in [1.29, 1.82) is 0 Å². The van der Waals surface area contributed by atoms with Crippen LogP contribution in [0.15, 0.2) is 0 Å². The van der Waals surface area contributed by atoms with Gasteiger partial charge >= 0.3 is 0 Å². The fourth-order valence-electron chi connectivity index (χ4n) is 1.72. The van der Waals surface area contributed by atoms with Gasteiger partial charge in [-0.1, -0.05) is 0 Å². The van der Waals surface area contributed by atoms with E-state index in [2.05, 4.69) is 5.32 Å². The zero-order chi connectivity index (χ0) is 10.7. The van der Waals surface area contributed by atoms with Crippen molar-refractivity contribution in [3.8, 4) is 0 Å². The Morgan fingerprint density at radius 3 is 2.71 bits per heavy atom. The van der Waals surface area contributed by atoms with E-state index < -0.39 is 0 Å². The van der Waals surface area contributed by atoms with Crippen molar-refractivity contribution in [3.63, 3.8) is 0 Å². The minimum atomic E-state index is -0.148. The molecule has 1 atom stereocenters. The average Bonchev–Trinajstić information content (AvgIpc) is 2.48. The first kappa shape index (κ1) is 11.0. The Kier molecular flexibility index (Phi) is 3.49. The highest BCUT2D eigenvalue weighted by Gasteiger charge is 2.34. The van der Waals surface area contributed by atoms with Gasteiger partial charge in [0.15, 0.2) is 0 Å². The molecule has 0 bridgehead atoms. The first-order valence-corrected chi connectivity index (χ1v) is 5.13. The van der Waals surface area contributed by atoms with Gasteiger partial charge < -0.3 is 10.2 Å². The number of hydrogen-bond donors (Lipinski definition) is 1. The van der Waals surface area contributed by atoms with Crippen LogP contribution in [0.5, 0.6) is 0 Å². The summed E-state index contributed by atoms with van der Waals surface area (Å²) in [5, 5.41) is 2.75. The summed E-state index contributed by atoms with van der Waals surface area (Å²) < 4.78 is 0. The molecular weight excluding hydrogens is 180 g/mol. The molecule has 4 heteroatoms. The Labute approximate surface area is 84.7 Å². The molecule has 80 valence electrons. The maximum absolute atomic E-state index is 11.5. The Balaban J connectivity index is 2.54. The number of amides is 2. The summed E-state index contributed by atoms with van der Waals surface area (Å²) in [4.78, 5) is 24.7. The minimum absolute atomic E-state index is 0.00370. The van der Waals surface area contributed by atoms with Crippen molar-refractivity contribution >= 4 is 11.8 Å². The summed E-state index contributed by atoms with van der Waals surface area (Å²) in [6.45, 7) is 7.03. The second-order valence-corrected chi connectivity index (χ2v) is 3.94. The second kappa shape index (κ2) is 4.44. The number of hydrogen-bond acceptors (Lipinski definition) is 2. The molecule has 1 unspecified atom stereocenters. The summed E-state index contributed by atoms with van der Waals surface area (Å²) in [5.74, 6) is -0.0508. The van der Waals surface area contributed by atoms with Crippen molar-refractivity contribution in [1.82, 2.24) is 10.2 Å². The second-order valence-electron chi connectivity index (χ2n) is 3.94. The maximum Gasteiger partial charge on any atom is 0.225 e. The smallest absolute Gasteiger partial charge is 0.225 e. The zero-order valence-electron chi connectivity index (χ0n) is 9.04. The molecule has 14 heavy (non-hydrogen) atoms. The van der Waals surface area contributed by atoms with Gasteiger partial charge in [-0.05, 0) is 20.8 Å². The lowest BCUT2D eigenvalue weighted by molar-refractivity contribution is -0.129. The van der Waals surface area contributed by atoms with E-state index in [1.807, 2.05) is 20.8 Å². The van der Waals surface area contributed by atoms with Crippen molar-refractivity contribution in [3.05, 3.63) is 0 Å². The van der Waals surface area contributed by atoms with Crippen molar-refractivity contribution < 1.29 is 9.59 Å². The number of carbonyl (C=O) groups is 2. The van der Waals surface area contributed by atoms with E-state index in [1.54, 1.807) is 4.90 Å². The van der Waals surface area contributed by atoms with Crippen LogP contribution in [0.25, 0.3) is 0 Å². The first-order valence-electron chi connectivity index (χ1n) is 5.13. The fraction of sp³-hybridized carbons (Fsp3) is 0.800. The molecule has 1 rings (SSSR count). The van der Waals surface area contributed by atoms with Crippen LogP contribution in [-0.2, 0) is 9.59 Å². The molecule has 0 aromatic carbocycles.